The maximum Gasteiger partial charge on any atom is 0.333 e. The predicted molar refractivity (Wildman–Crippen MR) is 83.3 cm³/mol. The summed E-state index contributed by atoms with van der Waals surface area (Å²) >= 11 is 1.04. The Morgan fingerprint density at radius 1 is 1.38 bits per heavy atom. The van der Waals surface area contributed by atoms with Crippen LogP contribution >= 0.6 is 11.8 Å². The van der Waals surface area contributed by atoms with Crippen LogP contribution in [-0.2, 0) is 18.9 Å². The molecule has 114 valence electrons. The number of aromatic hydroxyl groups is 1. The molecule has 1 heterocycles. The molecule has 0 unspecified atom stereocenters. The number of aliphatic imine (C=N–C) groups is 1. The molecule has 7 nitrogen and oxygen atoms in total. The van der Waals surface area contributed by atoms with Crippen LogP contribution in [0.3, 0.4) is 0 Å². The molecule has 21 heavy (non-hydrogen) atoms. The van der Waals surface area contributed by atoms with E-state index in [-0.39, 0.29) is 28.7 Å². The van der Waals surface area contributed by atoms with E-state index in [1.165, 1.54) is 27.1 Å². The number of rotatable bonds is 5. The van der Waals surface area contributed by atoms with Gasteiger partial charge in [-0.2, -0.15) is 0 Å². The minimum absolute atomic E-state index is 0.0901. The number of aromatic nitrogens is 2. The average molecular weight is 311 g/mol. The van der Waals surface area contributed by atoms with Gasteiger partial charge < -0.3 is 5.11 Å². The van der Waals surface area contributed by atoms with Crippen LogP contribution in [0.25, 0.3) is 0 Å². The molecule has 1 aromatic heterocycles. The second-order valence-corrected chi connectivity index (χ2v) is 5.29. The van der Waals surface area contributed by atoms with E-state index in [2.05, 4.69) is 11.6 Å². The Hall–Kier alpha value is -2.09. The molecular weight excluding hydrogens is 294 g/mol. The summed E-state index contributed by atoms with van der Waals surface area (Å²) in [6, 6.07) is 0. The minimum atomic E-state index is -0.658. The number of thioether (sulfide) groups is 1. The van der Waals surface area contributed by atoms with Gasteiger partial charge in [0.2, 0.25) is 5.88 Å². The van der Waals surface area contributed by atoms with Crippen LogP contribution in [-0.4, -0.2) is 37.4 Å². The molecule has 1 aromatic rings. The SMILES string of the molecule is C=CCN=C(SCC(C)=O)c1c(O)n(C)c(=O)n(C)c1=O. The van der Waals surface area contributed by atoms with Crippen molar-refractivity contribution in [2.45, 2.75) is 6.92 Å². The van der Waals surface area contributed by atoms with Gasteiger partial charge in [-0.3, -0.25) is 23.7 Å². The third-order valence-electron chi connectivity index (χ3n) is 2.62. The molecule has 8 heteroatoms. The van der Waals surface area contributed by atoms with Crippen LogP contribution in [0, 0.1) is 0 Å². The summed E-state index contributed by atoms with van der Waals surface area (Å²) in [4.78, 5) is 39.2. The maximum atomic E-state index is 12.2. The van der Waals surface area contributed by atoms with Gasteiger partial charge in [0.05, 0.1) is 12.3 Å². The number of carbonyl (C=O) groups excluding carboxylic acids is 1. The second kappa shape index (κ2) is 7.07. The smallest absolute Gasteiger partial charge is 0.333 e. The van der Waals surface area contributed by atoms with Gasteiger partial charge in [-0.05, 0) is 6.92 Å². The zero-order valence-corrected chi connectivity index (χ0v) is 12.9. The lowest BCUT2D eigenvalue weighted by Crippen LogP contribution is -2.39. The molecular formula is C13H17N3O4S. The highest BCUT2D eigenvalue weighted by atomic mass is 32.2. The fraction of sp³-hybridized carbons (Fsp3) is 0.385. The summed E-state index contributed by atoms with van der Waals surface area (Å²) in [7, 11) is 2.66. The van der Waals surface area contributed by atoms with E-state index < -0.39 is 17.1 Å². The molecule has 0 aliphatic carbocycles. The van der Waals surface area contributed by atoms with E-state index in [4.69, 9.17) is 0 Å². The first-order valence-electron chi connectivity index (χ1n) is 6.08. The zero-order valence-electron chi connectivity index (χ0n) is 12.1. The van der Waals surface area contributed by atoms with Gasteiger partial charge in [0.25, 0.3) is 5.56 Å². The molecule has 0 spiro atoms. The van der Waals surface area contributed by atoms with E-state index in [1.54, 1.807) is 0 Å². The first kappa shape index (κ1) is 17.0. The van der Waals surface area contributed by atoms with Crippen molar-refractivity contribution < 1.29 is 9.90 Å². The predicted octanol–water partition coefficient (Wildman–Crippen LogP) is 0.0444. The molecule has 0 fully saturated rings. The fourth-order valence-corrected chi connectivity index (χ4v) is 2.36. The molecule has 0 aromatic carbocycles. The standard InChI is InChI=1S/C13H17N3O4S/c1-5-6-14-10(21-7-8(2)17)9-11(18)15(3)13(20)16(4)12(9)19/h5,18H,1,6-7H2,2-4H3. The highest BCUT2D eigenvalue weighted by Crippen LogP contribution is 2.18. The summed E-state index contributed by atoms with van der Waals surface area (Å²) in [6.07, 6.45) is 1.53. The molecule has 0 bridgehead atoms. The first-order valence-corrected chi connectivity index (χ1v) is 7.06. The Morgan fingerprint density at radius 3 is 2.52 bits per heavy atom. The number of hydrogen-bond acceptors (Lipinski definition) is 6. The van der Waals surface area contributed by atoms with Crippen LogP contribution in [0.15, 0.2) is 27.2 Å². The molecule has 0 saturated carbocycles. The van der Waals surface area contributed by atoms with E-state index in [9.17, 15) is 19.5 Å². The van der Waals surface area contributed by atoms with Gasteiger partial charge in [0, 0.05) is 14.1 Å². The number of Topliss-reactive ketones (excluding diaryl/α,β-unsaturated/α-hetero) is 1. The molecule has 0 aliphatic rings. The summed E-state index contributed by atoms with van der Waals surface area (Å²) in [5.74, 6) is -0.448. The van der Waals surface area contributed by atoms with Crippen molar-refractivity contribution in [1.29, 1.82) is 0 Å². The van der Waals surface area contributed by atoms with Crippen LogP contribution in [0.5, 0.6) is 5.88 Å². The van der Waals surface area contributed by atoms with Crippen molar-refractivity contribution in [2.24, 2.45) is 19.1 Å². The second-order valence-electron chi connectivity index (χ2n) is 4.33. The van der Waals surface area contributed by atoms with Gasteiger partial charge in [-0.25, -0.2) is 4.79 Å². The van der Waals surface area contributed by atoms with Crippen LogP contribution in [0.2, 0.25) is 0 Å². The van der Waals surface area contributed by atoms with E-state index in [0.29, 0.717) is 0 Å². The van der Waals surface area contributed by atoms with Crippen molar-refractivity contribution in [3.63, 3.8) is 0 Å². The Kier molecular flexibility index (Phi) is 5.71. The van der Waals surface area contributed by atoms with Crippen LogP contribution in [0.4, 0.5) is 0 Å². The van der Waals surface area contributed by atoms with Gasteiger partial charge >= 0.3 is 5.69 Å². The molecule has 0 radical (unpaired) electrons. The Labute approximate surface area is 125 Å². The van der Waals surface area contributed by atoms with E-state index in [0.717, 1.165) is 20.9 Å². The van der Waals surface area contributed by atoms with Crippen molar-refractivity contribution in [2.75, 3.05) is 12.3 Å². The van der Waals surface area contributed by atoms with E-state index >= 15 is 0 Å². The monoisotopic (exact) mass is 311 g/mol. The van der Waals surface area contributed by atoms with Crippen molar-refractivity contribution in [3.05, 3.63) is 39.1 Å². The van der Waals surface area contributed by atoms with Crippen molar-refractivity contribution >= 4 is 22.6 Å². The summed E-state index contributed by atoms with van der Waals surface area (Å²) in [6.45, 7) is 5.17. The average Bonchev–Trinajstić information content (AvgIpc) is 2.45. The number of hydrogen-bond donors (Lipinski definition) is 1. The maximum absolute atomic E-state index is 12.2. The van der Waals surface area contributed by atoms with E-state index in [1.807, 2.05) is 0 Å². The quantitative estimate of drug-likeness (QED) is 0.471. The van der Waals surface area contributed by atoms with Crippen LogP contribution < -0.4 is 11.2 Å². The molecule has 1 N–H and O–H groups in total. The molecule has 0 atom stereocenters. The molecule has 0 amide bonds. The number of nitrogens with zero attached hydrogens (tertiary/aromatic N) is 3. The van der Waals surface area contributed by atoms with Crippen molar-refractivity contribution in [3.8, 4) is 5.88 Å². The topological polar surface area (TPSA) is 93.7 Å². The summed E-state index contributed by atoms with van der Waals surface area (Å²) < 4.78 is 1.83. The van der Waals surface area contributed by atoms with Gasteiger partial charge in [-0.15, -0.1) is 6.58 Å². The Bertz CT molecular complexity index is 715. The normalized spacial score (nSPS) is 11.5. The Morgan fingerprint density at radius 2 is 2.00 bits per heavy atom. The van der Waals surface area contributed by atoms with Gasteiger partial charge in [0.1, 0.15) is 16.4 Å². The van der Waals surface area contributed by atoms with Gasteiger partial charge in [-0.1, -0.05) is 17.8 Å². The largest absolute Gasteiger partial charge is 0.494 e. The highest BCUT2D eigenvalue weighted by molar-refractivity contribution is 8.15. The zero-order chi connectivity index (χ0) is 16.2. The minimum Gasteiger partial charge on any atom is -0.494 e. The lowest BCUT2D eigenvalue weighted by atomic mass is 10.3. The third-order valence-corrected chi connectivity index (χ3v) is 3.78. The van der Waals surface area contributed by atoms with Gasteiger partial charge in [0.15, 0.2) is 0 Å². The molecule has 0 saturated heterocycles. The molecule has 0 aliphatic heterocycles. The summed E-state index contributed by atoms with van der Waals surface area (Å²) in [5.41, 5.74) is -1.39. The third kappa shape index (κ3) is 3.72. The highest BCUT2D eigenvalue weighted by Gasteiger charge is 2.20. The summed E-state index contributed by atoms with van der Waals surface area (Å²) in [5, 5.41) is 10.3. The number of ketones is 1. The fourth-order valence-electron chi connectivity index (χ4n) is 1.53. The Balaban J connectivity index is 3.51. The lowest BCUT2D eigenvalue weighted by molar-refractivity contribution is -0.114. The van der Waals surface area contributed by atoms with Crippen LogP contribution in [0.1, 0.15) is 12.5 Å². The molecule has 1 rings (SSSR count). The lowest BCUT2D eigenvalue weighted by Gasteiger charge is -2.11. The van der Waals surface area contributed by atoms with Crippen molar-refractivity contribution in [1.82, 2.24) is 9.13 Å². The number of carbonyl (C=O) groups is 1. The first-order chi connectivity index (χ1) is 9.81.